The third kappa shape index (κ3) is 4.44. The number of thiophene rings is 1. The van der Waals surface area contributed by atoms with Gasteiger partial charge in [-0.1, -0.05) is 92.8 Å². The number of rotatable bonds is 4. The average molecular weight is 593 g/mol. The summed E-state index contributed by atoms with van der Waals surface area (Å²) in [5.74, 6) is 2.80. The van der Waals surface area contributed by atoms with Crippen molar-refractivity contribution in [3.63, 3.8) is 0 Å². The molecule has 4 aromatic carbocycles. The Morgan fingerprint density at radius 3 is 1.86 bits per heavy atom. The minimum Gasteiger partial charge on any atom is -0.365 e. The molecule has 6 aromatic rings. The molecule has 4 nitrogen and oxygen atoms in total. The highest BCUT2D eigenvalue weighted by atomic mass is 32.1. The summed E-state index contributed by atoms with van der Waals surface area (Å²) < 4.78 is 2.73. The molecular formula is C39H36N4S. The van der Waals surface area contributed by atoms with Crippen LogP contribution in [0.25, 0.3) is 54.3 Å². The van der Waals surface area contributed by atoms with Crippen LogP contribution in [0.5, 0.6) is 0 Å². The van der Waals surface area contributed by atoms with Crippen LogP contribution < -0.4 is 4.90 Å². The Labute approximate surface area is 262 Å². The molecule has 2 saturated carbocycles. The normalized spacial score (nSPS) is 20.2. The zero-order chi connectivity index (χ0) is 29.0. The standard InChI is InChI=1S/C39H36N4S/c1-4-12-25(13-5-1)37-40-38(26-14-6-2-7-15-26)42-39(41-37)27-20-21-35-31(22-27)32-23-30-29-18-10-11-19-33(29)43(28-16-8-3-9-17-28)34(30)24-36(32)44-35/h1-2,4-7,12-15,20-24,28-29,33H,3,8-11,16-19H2/t29-,33?/m0/s1. The first kappa shape index (κ1) is 26.3. The zero-order valence-electron chi connectivity index (χ0n) is 25.0. The second-order valence-electron chi connectivity index (χ2n) is 12.9. The van der Waals surface area contributed by atoms with Crippen LogP contribution in [0.3, 0.4) is 0 Å². The van der Waals surface area contributed by atoms with E-state index < -0.39 is 0 Å². The highest BCUT2D eigenvalue weighted by Crippen LogP contribution is 2.53. The lowest BCUT2D eigenvalue weighted by molar-refractivity contribution is 0.331. The molecule has 1 unspecified atom stereocenters. The summed E-state index contributed by atoms with van der Waals surface area (Å²) in [6.07, 6.45) is 12.3. The average Bonchev–Trinajstić information content (AvgIpc) is 3.62. The molecule has 44 heavy (non-hydrogen) atoms. The predicted octanol–water partition coefficient (Wildman–Crippen LogP) is 10.4. The van der Waals surface area contributed by atoms with Crippen molar-refractivity contribution in [2.75, 3.05) is 4.90 Å². The molecule has 2 aromatic heterocycles. The molecule has 0 amide bonds. The van der Waals surface area contributed by atoms with E-state index in [2.05, 4.69) is 59.5 Å². The molecule has 3 aliphatic rings. The second kappa shape index (κ2) is 10.8. The van der Waals surface area contributed by atoms with Gasteiger partial charge < -0.3 is 4.90 Å². The Hall–Kier alpha value is -4.09. The van der Waals surface area contributed by atoms with E-state index in [9.17, 15) is 0 Å². The quantitative estimate of drug-likeness (QED) is 0.204. The molecule has 1 aliphatic heterocycles. The minimum atomic E-state index is 0.675. The molecule has 9 rings (SSSR count). The number of anilines is 1. The van der Waals surface area contributed by atoms with Gasteiger partial charge >= 0.3 is 0 Å². The van der Waals surface area contributed by atoms with Crippen LogP contribution in [-0.4, -0.2) is 27.0 Å². The third-order valence-electron chi connectivity index (χ3n) is 10.3. The van der Waals surface area contributed by atoms with Gasteiger partial charge in [0, 0.05) is 60.6 Å². The highest BCUT2D eigenvalue weighted by molar-refractivity contribution is 7.25. The summed E-state index contributed by atoms with van der Waals surface area (Å²) in [5, 5.41) is 2.71. The Bertz CT molecular complexity index is 1920. The van der Waals surface area contributed by atoms with Crippen LogP contribution in [0.2, 0.25) is 0 Å². The van der Waals surface area contributed by atoms with Crippen LogP contribution in [-0.2, 0) is 0 Å². The number of nitrogens with zero attached hydrogens (tertiary/aromatic N) is 4. The van der Waals surface area contributed by atoms with Crippen molar-refractivity contribution in [1.82, 2.24) is 15.0 Å². The molecular weight excluding hydrogens is 557 g/mol. The fourth-order valence-electron chi connectivity index (χ4n) is 8.24. The summed E-state index contributed by atoms with van der Waals surface area (Å²) in [4.78, 5) is 17.8. The van der Waals surface area contributed by atoms with Crippen molar-refractivity contribution in [2.24, 2.45) is 0 Å². The van der Waals surface area contributed by atoms with Gasteiger partial charge in [0.1, 0.15) is 0 Å². The molecule has 2 atom stereocenters. The van der Waals surface area contributed by atoms with Crippen LogP contribution in [0.1, 0.15) is 69.3 Å². The largest absolute Gasteiger partial charge is 0.365 e. The van der Waals surface area contributed by atoms with E-state index in [0.717, 1.165) is 28.6 Å². The van der Waals surface area contributed by atoms with Gasteiger partial charge in [-0.15, -0.1) is 11.3 Å². The SMILES string of the molecule is c1ccc(-c2nc(-c3ccccc3)nc(-c3ccc4sc5cc6c(cc5c4c3)[C@@H]3CCCCC3N6C3CCCCC3)n2)cc1. The Balaban J connectivity index is 1.18. The van der Waals surface area contributed by atoms with Crippen LogP contribution >= 0.6 is 11.3 Å². The zero-order valence-corrected chi connectivity index (χ0v) is 25.8. The van der Waals surface area contributed by atoms with Gasteiger partial charge in [-0.25, -0.2) is 15.0 Å². The number of aromatic nitrogens is 3. The Morgan fingerprint density at radius 2 is 1.16 bits per heavy atom. The molecule has 3 heterocycles. The maximum absolute atomic E-state index is 5.02. The lowest BCUT2D eigenvalue weighted by Gasteiger charge is -2.41. The van der Waals surface area contributed by atoms with E-state index in [1.807, 2.05) is 47.7 Å². The topological polar surface area (TPSA) is 41.9 Å². The van der Waals surface area contributed by atoms with E-state index in [1.165, 1.54) is 78.0 Å². The second-order valence-corrected chi connectivity index (χ2v) is 14.0. The van der Waals surface area contributed by atoms with E-state index in [1.54, 1.807) is 11.3 Å². The Morgan fingerprint density at radius 1 is 0.545 bits per heavy atom. The van der Waals surface area contributed by atoms with Crippen molar-refractivity contribution in [3.05, 3.63) is 96.6 Å². The fraction of sp³-hybridized carbons (Fsp3) is 0.308. The lowest BCUT2D eigenvalue weighted by Crippen LogP contribution is -2.44. The Kier molecular flexibility index (Phi) is 6.47. The number of hydrogen-bond acceptors (Lipinski definition) is 5. The van der Waals surface area contributed by atoms with E-state index in [0.29, 0.717) is 23.6 Å². The van der Waals surface area contributed by atoms with Gasteiger partial charge in [0.15, 0.2) is 17.5 Å². The van der Waals surface area contributed by atoms with E-state index >= 15 is 0 Å². The summed E-state index contributed by atoms with van der Waals surface area (Å²) in [6.45, 7) is 0. The first-order chi connectivity index (χ1) is 21.8. The van der Waals surface area contributed by atoms with Gasteiger partial charge in [-0.2, -0.15) is 0 Å². The molecule has 0 spiro atoms. The van der Waals surface area contributed by atoms with Gasteiger partial charge in [0.05, 0.1) is 0 Å². The molecule has 2 fully saturated rings. The first-order valence-corrected chi connectivity index (χ1v) is 17.3. The molecule has 2 aliphatic carbocycles. The summed E-state index contributed by atoms with van der Waals surface area (Å²) in [7, 11) is 0. The number of hydrogen-bond donors (Lipinski definition) is 0. The summed E-state index contributed by atoms with van der Waals surface area (Å²) >= 11 is 1.93. The van der Waals surface area contributed by atoms with Gasteiger partial charge in [0.2, 0.25) is 0 Å². The van der Waals surface area contributed by atoms with Crippen molar-refractivity contribution in [2.45, 2.75) is 75.8 Å². The van der Waals surface area contributed by atoms with E-state index in [-0.39, 0.29) is 0 Å². The number of benzene rings is 4. The van der Waals surface area contributed by atoms with Crippen LogP contribution in [0.4, 0.5) is 5.69 Å². The van der Waals surface area contributed by atoms with Crippen molar-refractivity contribution in [1.29, 1.82) is 0 Å². The van der Waals surface area contributed by atoms with Crippen molar-refractivity contribution >= 4 is 37.2 Å². The lowest BCUT2D eigenvalue weighted by atomic mass is 9.81. The predicted molar refractivity (Wildman–Crippen MR) is 183 cm³/mol. The molecule has 0 radical (unpaired) electrons. The molecule has 0 saturated heterocycles. The first-order valence-electron chi connectivity index (χ1n) is 16.5. The van der Waals surface area contributed by atoms with Crippen molar-refractivity contribution in [3.8, 4) is 34.2 Å². The van der Waals surface area contributed by atoms with E-state index in [4.69, 9.17) is 15.0 Å². The maximum atomic E-state index is 5.02. The maximum Gasteiger partial charge on any atom is 0.164 e. The molecule has 5 heteroatoms. The van der Waals surface area contributed by atoms with Gasteiger partial charge in [0.25, 0.3) is 0 Å². The fourth-order valence-corrected chi connectivity index (χ4v) is 9.34. The molecule has 0 bridgehead atoms. The monoisotopic (exact) mass is 592 g/mol. The smallest absolute Gasteiger partial charge is 0.164 e. The van der Waals surface area contributed by atoms with Gasteiger partial charge in [-0.3, -0.25) is 0 Å². The molecule has 218 valence electrons. The summed E-state index contributed by atoms with van der Waals surface area (Å²) in [5.41, 5.74) is 6.18. The van der Waals surface area contributed by atoms with Gasteiger partial charge in [-0.05, 0) is 61.6 Å². The summed E-state index contributed by atoms with van der Waals surface area (Å²) in [6, 6.07) is 33.8. The van der Waals surface area contributed by atoms with Crippen molar-refractivity contribution < 1.29 is 0 Å². The molecule has 0 N–H and O–H groups in total. The van der Waals surface area contributed by atoms with Crippen LogP contribution in [0.15, 0.2) is 91.0 Å². The highest BCUT2D eigenvalue weighted by Gasteiger charge is 2.43. The minimum absolute atomic E-state index is 0.675. The third-order valence-corrected chi connectivity index (χ3v) is 11.4. The number of fused-ring (bicyclic) bond motifs is 6. The van der Waals surface area contributed by atoms with Crippen LogP contribution in [0, 0.1) is 0 Å².